The third-order valence-corrected chi connectivity index (χ3v) is 5.02. The van der Waals surface area contributed by atoms with Crippen LogP contribution in [-0.2, 0) is 5.41 Å². The second kappa shape index (κ2) is 6.98. The number of aliphatic imine (C=N–C) groups is 1. The van der Waals surface area contributed by atoms with Crippen LogP contribution in [0.15, 0.2) is 59.7 Å². The summed E-state index contributed by atoms with van der Waals surface area (Å²) < 4.78 is 15.0. The lowest BCUT2D eigenvalue weighted by Crippen LogP contribution is -2.44. The maximum atomic E-state index is 15.0. The molecule has 0 radical (unpaired) electrons. The average Bonchev–Trinajstić information content (AvgIpc) is 2.93. The number of nitrogens with two attached hydrogens (primary N) is 1. The molecule has 0 amide bonds. The molecule has 0 bridgehead atoms. The predicted octanol–water partition coefficient (Wildman–Crippen LogP) is 5.61. The molecule has 1 heterocycles. The topological polar surface area (TPSA) is 38.4 Å². The minimum absolute atomic E-state index is 0.00212. The zero-order chi connectivity index (χ0) is 18.9. The number of rotatable bonds is 4. The quantitative estimate of drug-likeness (QED) is 0.746. The summed E-state index contributed by atoms with van der Waals surface area (Å²) in [5.41, 5.74) is 8.89. The molecule has 0 spiro atoms. The number of hydrogen-bond donors (Lipinski definition) is 1. The van der Waals surface area contributed by atoms with E-state index in [1.807, 2.05) is 36.5 Å². The predicted molar refractivity (Wildman–Crippen MR) is 108 cm³/mol. The molecule has 0 saturated carbocycles. The zero-order valence-corrected chi connectivity index (χ0v) is 16.1. The Morgan fingerprint density at radius 2 is 1.81 bits per heavy atom. The summed E-state index contributed by atoms with van der Waals surface area (Å²) in [5.74, 6) is -0.353. The van der Waals surface area contributed by atoms with Crippen LogP contribution in [0.1, 0.15) is 38.3 Å². The van der Waals surface area contributed by atoms with Crippen LogP contribution in [0, 0.1) is 11.2 Å². The van der Waals surface area contributed by atoms with Crippen LogP contribution in [0.4, 0.5) is 4.39 Å². The van der Waals surface area contributed by atoms with Crippen molar-refractivity contribution >= 4 is 22.9 Å². The molecule has 2 nitrogen and oxygen atoms in total. The third-order valence-electron chi connectivity index (χ3n) is 4.78. The lowest BCUT2D eigenvalue weighted by molar-refractivity contribution is 0.425. The average molecular weight is 371 g/mol. The van der Waals surface area contributed by atoms with Crippen LogP contribution in [0.3, 0.4) is 0 Å². The van der Waals surface area contributed by atoms with Crippen LogP contribution in [-0.4, -0.2) is 12.3 Å². The number of nitrogens with zero attached hydrogens (tertiary/aromatic N) is 1. The standard InChI is InChI=1S/C22H24ClFN2/c1-21(2,3)12-20-22(14-25,17-10-9-16(23)11-19(17)24)18(13-26-20)15-7-5-4-6-8-15/h4-11,13H,12,14,25H2,1-3H3/t22-/m1/s1. The van der Waals surface area contributed by atoms with Gasteiger partial charge in [0.05, 0.1) is 5.41 Å². The van der Waals surface area contributed by atoms with Gasteiger partial charge in [-0.1, -0.05) is 68.8 Å². The molecular formula is C22H24ClFN2. The van der Waals surface area contributed by atoms with Gasteiger partial charge in [-0.3, -0.25) is 4.99 Å². The molecule has 4 heteroatoms. The molecule has 0 fully saturated rings. The van der Waals surface area contributed by atoms with Crippen molar-refractivity contribution in [3.05, 3.63) is 76.7 Å². The van der Waals surface area contributed by atoms with Gasteiger partial charge in [0.2, 0.25) is 0 Å². The monoisotopic (exact) mass is 370 g/mol. The van der Waals surface area contributed by atoms with E-state index in [0.717, 1.165) is 23.3 Å². The van der Waals surface area contributed by atoms with E-state index >= 15 is 4.39 Å². The van der Waals surface area contributed by atoms with Gasteiger partial charge in [-0.05, 0) is 35.1 Å². The normalized spacial score (nSPS) is 20.1. The molecule has 1 aliphatic heterocycles. The van der Waals surface area contributed by atoms with Gasteiger partial charge >= 0.3 is 0 Å². The molecule has 0 aliphatic carbocycles. The molecule has 2 aromatic carbocycles. The Kier molecular flexibility index (Phi) is 5.05. The Morgan fingerprint density at radius 1 is 1.12 bits per heavy atom. The number of halogens is 2. The van der Waals surface area contributed by atoms with Crippen LogP contribution in [0.25, 0.3) is 5.57 Å². The Labute approximate surface area is 159 Å². The highest BCUT2D eigenvalue weighted by atomic mass is 35.5. The van der Waals surface area contributed by atoms with Gasteiger partial charge in [0.25, 0.3) is 0 Å². The fraction of sp³-hybridized carbons (Fsp3) is 0.318. The van der Waals surface area contributed by atoms with Crippen LogP contribution in [0.2, 0.25) is 5.02 Å². The summed E-state index contributed by atoms with van der Waals surface area (Å²) in [6.07, 6.45) is 2.57. The number of benzene rings is 2. The molecule has 3 rings (SSSR count). The van der Waals surface area contributed by atoms with E-state index in [9.17, 15) is 0 Å². The van der Waals surface area contributed by atoms with E-state index in [1.165, 1.54) is 6.07 Å². The molecule has 136 valence electrons. The van der Waals surface area contributed by atoms with Crippen molar-refractivity contribution < 1.29 is 4.39 Å². The molecule has 2 aromatic rings. The smallest absolute Gasteiger partial charge is 0.129 e. The fourth-order valence-electron chi connectivity index (χ4n) is 3.63. The van der Waals surface area contributed by atoms with Crippen LogP contribution >= 0.6 is 11.6 Å². The number of hydrogen-bond acceptors (Lipinski definition) is 2. The van der Waals surface area contributed by atoms with Gasteiger partial charge in [-0.15, -0.1) is 0 Å². The third kappa shape index (κ3) is 3.34. The maximum Gasteiger partial charge on any atom is 0.129 e. The van der Waals surface area contributed by atoms with Crippen molar-refractivity contribution in [2.24, 2.45) is 16.1 Å². The van der Waals surface area contributed by atoms with Crippen molar-refractivity contribution in [3.63, 3.8) is 0 Å². The van der Waals surface area contributed by atoms with E-state index in [0.29, 0.717) is 10.6 Å². The van der Waals surface area contributed by atoms with E-state index in [-0.39, 0.29) is 17.8 Å². The van der Waals surface area contributed by atoms with Gasteiger partial charge < -0.3 is 5.73 Å². The van der Waals surface area contributed by atoms with Crippen molar-refractivity contribution in [2.45, 2.75) is 32.6 Å². The van der Waals surface area contributed by atoms with E-state index < -0.39 is 5.41 Å². The highest BCUT2D eigenvalue weighted by molar-refractivity contribution is 6.30. The van der Waals surface area contributed by atoms with Gasteiger partial charge in [0.1, 0.15) is 5.82 Å². The summed E-state index contributed by atoms with van der Waals surface area (Å²) >= 11 is 5.99. The Bertz CT molecular complexity index is 865. The second-order valence-electron chi connectivity index (χ2n) is 7.96. The van der Waals surface area contributed by atoms with Gasteiger partial charge in [0.15, 0.2) is 0 Å². The second-order valence-corrected chi connectivity index (χ2v) is 8.39. The lowest BCUT2D eigenvalue weighted by Gasteiger charge is -2.36. The van der Waals surface area contributed by atoms with Gasteiger partial charge in [-0.2, -0.15) is 0 Å². The molecule has 26 heavy (non-hydrogen) atoms. The summed E-state index contributed by atoms with van der Waals surface area (Å²) in [6.45, 7) is 6.68. The van der Waals surface area contributed by atoms with Gasteiger partial charge in [0, 0.05) is 29.0 Å². The van der Waals surface area contributed by atoms with E-state index in [1.54, 1.807) is 12.1 Å². The first-order valence-electron chi connectivity index (χ1n) is 8.77. The van der Waals surface area contributed by atoms with E-state index in [2.05, 4.69) is 20.8 Å². The van der Waals surface area contributed by atoms with Crippen molar-refractivity contribution in [1.29, 1.82) is 0 Å². The summed E-state index contributed by atoms with van der Waals surface area (Å²) in [4.78, 5) is 4.72. The van der Waals surface area contributed by atoms with Crippen LogP contribution < -0.4 is 5.73 Å². The minimum atomic E-state index is -0.788. The molecule has 0 unspecified atom stereocenters. The maximum absolute atomic E-state index is 15.0. The van der Waals surface area contributed by atoms with E-state index in [4.69, 9.17) is 22.3 Å². The molecule has 1 aliphatic rings. The highest BCUT2D eigenvalue weighted by Crippen LogP contribution is 2.46. The summed E-state index contributed by atoms with van der Waals surface area (Å²) in [5, 5.41) is 0.371. The SMILES string of the molecule is CC(C)(C)CC1=NC=C(c2ccccc2)[C@@]1(CN)c1ccc(Cl)cc1F. The largest absolute Gasteiger partial charge is 0.329 e. The fourth-order valence-corrected chi connectivity index (χ4v) is 3.79. The van der Waals surface area contributed by atoms with Crippen molar-refractivity contribution in [3.8, 4) is 0 Å². The zero-order valence-electron chi connectivity index (χ0n) is 15.4. The summed E-state index contributed by atoms with van der Waals surface area (Å²) in [6, 6.07) is 14.7. The van der Waals surface area contributed by atoms with Crippen molar-refractivity contribution in [2.75, 3.05) is 6.54 Å². The molecule has 2 N–H and O–H groups in total. The molecular weight excluding hydrogens is 347 g/mol. The Morgan fingerprint density at radius 3 is 2.38 bits per heavy atom. The molecule has 0 saturated heterocycles. The minimum Gasteiger partial charge on any atom is -0.329 e. The van der Waals surface area contributed by atoms with Gasteiger partial charge in [-0.25, -0.2) is 4.39 Å². The first-order chi connectivity index (χ1) is 12.3. The Balaban J connectivity index is 2.22. The Hall–Kier alpha value is -1.97. The molecule has 1 atom stereocenters. The highest BCUT2D eigenvalue weighted by Gasteiger charge is 2.46. The summed E-state index contributed by atoms with van der Waals surface area (Å²) in [7, 11) is 0. The first kappa shape index (κ1) is 18.8. The van der Waals surface area contributed by atoms with Crippen molar-refractivity contribution in [1.82, 2.24) is 0 Å². The lowest BCUT2D eigenvalue weighted by atomic mass is 9.66. The van der Waals surface area contributed by atoms with Crippen LogP contribution in [0.5, 0.6) is 0 Å². The first-order valence-corrected chi connectivity index (χ1v) is 9.14. The molecule has 0 aromatic heterocycles.